The molecule has 0 bridgehead atoms. The Hall–Kier alpha value is 0.0983. The number of rotatable bonds is 0. The molecule has 0 aliphatic rings. The van der Waals surface area contributed by atoms with Crippen LogP contribution in [0.3, 0.4) is 0 Å². The maximum atomic E-state index is 7.75. The average Bonchev–Trinajstić information content (AvgIpc) is 1.50. The summed E-state index contributed by atoms with van der Waals surface area (Å²) in [5, 5.41) is 0. The number of carbonyl (C=O) groups excluding carboxylic acids is 1. The summed E-state index contributed by atoms with van der Waals surface area (Å²) < 4.78 is 0. The van der Waals surface area contributed by atoms with Crippen LogP contribution >= 0.6 is 0 Å². The van der Waals surface area contributed by atoms with Crippen LogP contribution in [0.25, 0.3) is 0 Å². The summed E-state index contributed by atoms with van der Waals surface area (Å²) in [6.07, 6.45) is 0. The molecule has 0 amide bonds. The molecule has 0 N–H and O–H groups in total. The minimum atomic E-state index is 0. The number of hydrogen-bond acceptors (Lipinski definition) is 1. The Morgan fingerprint density at radius 1 is 1.20 bits per heavy atom. The SMILES string of the molecule is C=C.[CH-]=O.[Pt]. The second kappa shape index (κ2) is 4070. The third-order valence-corrected chi connectivity index (χ3v) is 0. The monoisotopic (exact) mass is 252 g/mol. The summed E-state index contributed by atoms with van der Waals surface area (Å²) in [4.78, 5) is 7.75. The molecule has 0 atom stereocenters. The maximum Gasteiger partial charge on any atom is 0 e. The molecule has 0 fully saturated rings. The molecule has 0 saturated carbocycles. The second-order valence-electron chi connectivity index (χ2n) is 0. The van der Waals surface area contributed by atoms with Crippen molar-refractivity contribution in [3.05, 3.63) is 13.2 Å². The van der Waals surface area contributed by atoms with Gasteiger partial charge in [-0.05, 0) is 0 Å². The molecule has 0 aliphatic carbocycles. The zero-order valence-electron chi connectivity index (χ0n) is 2.72. The molecule has 0 saturated heterocycles. The maximum absolute atomic E-state index is 7.75. The zero-order chi connectivity index (χ0) is 4.00. The van der Waals surface area contributed by atoms with Crippen molar-refractivity contribution in [3.8, 4) is 0 Å². The molecule has 0 rings (SSSR count). The Kier molecular flexibility index (Phi) is 15800. The molecule has 0 radical (unpaired) electrons. The quantitative estimate of drug-likeness (QED) is 0.349. The summed E-state index contributed by atoms with van der Waals surface area (Å²) in [5.41, 5.74) is 0. The molecule has 0 aromatic heterocycles. The van der Waals surface area contributed by atoms with E-state index in [1.54, 1.807) is 0 Å². The first-order valence-corrected chi connectivity index (χ1v) is 0.736. The first-order chi connectivity index (χ1) is 2.00. The van der Waals surface area contributed by atoms with Gasteiger partial charge in [-0.1, -0.05) is 0 Å². The fourth-order valence-corrected chi connectivity index (χ4v) is 0. The van der Waals surface area contributed by atoms with Crippen LogP contribution in [0.5, 0.6) is 0 Å². The van der Waals surface area contributed by atoms with Crippen molar-refractivity contribution in [3.63, 3.8) is 0 Å². The molecule has 0 aromatic carbocycles. The molecule has 1 nitrogen and oxygen atoms in total. The minimum Gasteiger partial charge on any atom is -0.545 e. The van der Waals surface area contributed by atoms with Gasteiger partial charge in [0.1, 0.15) is 0 Å². The Balaban J connectivity index is -0.0000000133. The largest absolute Gasteiger partial charge is 0.545 e. The van der Waals surface area contributed by atoms with Crippen molar-refractivity contribution >= 4 is 6.79 Å². The van der Waals surface area contributed by atoms with E-state index in [9.17, 15) is 0 Å². The molecule has 5 heavy (non-hydrogen) atoms. The van der Waals surface area contributed by atoms with Crippen molar-refractivity contribution in [2.24, 2.45) is 0 Å². The standard InChI is InChI=1S/C2H4.CHO.Pt/c2*1-2;/h1-2H2;1H;/q;-1;. The Morgan fingerprint density at radius 3 is 1.20 bits per heavy atom. The summed E-state index contributed by atoms with van der Waals surface area (Å²) in [6.45, 7) is 9.25. The van der Waals surface area contributed by atoms with Gasteiger partial charge in [0.05, 0.1) is 0 Å². The Morgan fingerprint density at radius 2 is 1.20 bits per heavy atom. The summed E-state index contributed by atoms with van der Waals surface area (Å²) in [7, 11) is 0. The van der Waals surface area contributed by atoms with Crippen molar-refractivity contribution in [1.29, 1.82) is 0 Å². The van der Waals surface area contributed by atoms with E-state index in [0.29, 0.717) is 0 Å². The molecule has 0 spiro atoms. The van der Waals surface area contributed by atoms with E-state index >= 15 is 0 Å². The van der Waals surface area contributed by atoms with Crippen LogP contribution in [0, 0.1) is 0 Å². The first-order valence-electron chi connectivity index (χ1n) is 0.736. The Bertz CT molecular complexity index is 8.85. The van der Waals surface area contributed by atoms with Crippen molar-refractivity contribution in [1.82, 2.24) is 0 Å². The van der Waals surface area contributed by atoms with Crippen LogP contribution in [0.15, 0.2) is 13.2 Å². The van der Waals surface area contributed by atoms with E-state index < -0.39 is 0 Å². The van der Waals surface area contributed by atoms with Gasteiger partial charge < -0.3 is 4.79 Å². The third kappa shape index (κ3) is 1870. The molecule has 0 aliphatic heterocycles. The van der Waals surface area contributed by atoms with Crippen LogP contribution < -0.4 is 0 Å². The fourth-order valence-electron chi connectivity index (χ4n) is 0. The van der Waals surface area contributed by atoms with Crippen LogP contribution in [-0.2, 0) is 25.9 Å². The summed E-state index contributed by atoms with van der Waals surface area (Å²) >= 11 is 0. The van der Waals surface area contributed by atoms with E-state index in [-0.39, 0.29) is 21.1 Å². The van der Waals surface area contributed by atoms with Crippen molar-refractivity contribution < 1.29 is 25.9 Å². The summed E-state index contributed by atoms with van der Waals surface area (Å²) in [5.74, 6) is 0. The smallest absolute Gasteiger partial charge is 0 e. The van der Waals surface area contributed by atoms with Gasteiger partial charge in [-0.15, -0.1) is 13.2 Å². The minimum absolute atomic E-state index is 0. The normalized spacial score (nSPS) is 1.60. The van der Waals surface area contributed by atoms with Gasteiger partial charge in [-0.25, -0.2) is 0 Å². The second-order valence-corrected chi connectivity index (χ2v) is 0. The third-order valence-electron chi connectivity index (χ3n) is 0. The molecule has 34 valence electrons. The molecular formula is C3H5OPt-. The Labute approximate surface area is 46.3 Å². The van der Waals surface area contributed by atoms with Crippen molar-refractivity contribution in [2.75, 3.05) is 0 Å². The van der Waals surface area contributed by atoms with Gasteiger partial charge in [-0.2, -0.15) is 0 Å². The zero-order valence-corrected chi connectivity index (χ0v) is 4.99. The van der Waals surface area contributed by atoms with Gasteiger partial charge in [0.2, 0.25) is 0 Å². The molecule has 0 aromatic rings. The van der Waals surface area contributed by atoms with Gasteiger partial charge in [0, 0.05) is 21.1 Å². The van der Waals surface area contributed by atoms with Crippen LogP contribution in [0.4, 0.5) is 0 Å². The van der Waals surface area contributed by atoms with E-state index in [2.05, 4.69) is 19.9 Å². The predicted octanol–water partition coefficient (Wildman–Crippen LogP) is 0.526. The molecule has 2 heteroatoms. The van der Waals surface area contributed by atoms with E-state index in [1.807, 2.05) is 0 Å². The van der Waals surface area contributed by atoms with Crippen LogP contribution in [-0.4, -0.2) is 6.79 Å². The van der Waals surface area contributed by atoms with Gasteiger partial charge in [0.15, 0.2) is 0 Å². The van der Waals surface area contributed by atoms with E-state index in [4.69, 9.17) is 4.79 Å². The first kappa shape index (κ1) is 19.4. The van der Waals surface area contributed by atoms with Gasteiger partial charge in [-0.3, -0.25) is 6.79 Å². The van der Waals surface area contributed by atoms with Gasteiger partial charge >= 0.3 is 0 Å². The van der Waals surface area contributed by atoms with Crippen LogP contribution in [0.2, 0.25) is 0 Å². The summed E-state index contributed by atoms with van der Waals surface area (Å²) in [6, 6.07) is 0. The molecule has 0 unspecified atom stereocenters. The number of hydrogen-bond donors (Lipinski definition) is 0. The van der Waals surface area contributed by atoms with Crippen LogP contribution in [0.1, 0.15) is 0 Å². The average molecular weight is 252 g/mol. The fraction of sp³-hybridized carbons (Fsp3) is 0. The molecular weight excluding hydrogens is 247 g/mol. The van der Waals surface area contributed by atoms with Crippen molar-refractivity contribution in [2.45, 2.75) is 0 Å². The van der Waals surface area contributed by atoms with Gasteiger partial charge in [0.25, 0.3) is 0 Å². The van der Waals surface area contributed by atoms with E-state index in [1.165, 1.54) is 0 Å². The molecule has 0 heterocycles. The topological polar surface area (TPSA) is 17.1 Å². The predicted molar refractivity (Wildman–Crippen MR) is 18.0 cm³/mol. The van der Waals surface area contributed by atoms with E-state index in [0.717, 1.165) is 0 Å².